The maximum absolute atomic E-state index is 15.0. The molecular weight excluding hydrogens is 559 g/mol. The molecule has 1 amide bonds. The molecule has 1 atom stereocenters. The van der Waals surface area contributed by atoms with Gasteiger partial charge in [0.1, 0.15) is 5.65 Å². The minimum Gasteiger partial charge on any atom is -0.370 e. The van der Waals surface area contributed by atoms with Crippen molar-refractivity contribution < 1.29 is 9.18 Å². The van der Waals surface area contributed by atoms with Crippen molar-refractivity contribution in [2.75, 3.05) is 13.1 Å². The standard InChI is InChI=1S/C28H32ClFN8O2.C2H4/c1-16(31)4-2-5-17-12-21(24(30)22(29)13-17)23-14-19-15-38(28(40)37-25(19)36-23)20-8-6-18(7-9-20)26(39)34-10-3-11-35-27(32)33;1-2/h6-9,12-16H,2-5,10-11,31H2,1H3,(H,34,39)(H4,32,33,35)(H,36,37,40);1-2H2. The molecule has 10 nitrogen and oxygen atoms in total. The van der Waals surface area contributed by atoms with Gasteiger partial charge in [-0.25, -0.2) is 9.18 Å². The normalized spacial score (nSPS) is 11.4. The summed E-state index contributed by atoms with van der Waals surface area (Å²) in [6.07, 6.45) is 4.63. The molecule has 0 saturated carbocycles. The number of carbonyl (C=O) groups is 1. The highest BCUT2D eigenvalue weighted by molar-refractivity contribution is 6.31. The molecule has 0 aliphatic heterocycles. The molecule has 0 radical (unpaired) electrons. The molecule has 2 aromatic carbocycles. The predicted octanol–water partition coefficient (Wildman–Crippen LogP) is 4.04. The van der Waals surface area contributed by atoms with Gasteiger partial charge in [0.05, 0.1) is 16.4 Å². The maximum atomic E-state index is 15.0. The van der Waals surface area contributed by atoms with Gasteiger partial charge in [0.15, 0.2) is 11.8 Å². The molecule has 0 saturated heterocycles. The van der Waals surface area contributed by atoms with Crippen molar-refractivity contribution in [3.63, 3.8) is 0 Å². The number of nitrogens with one attached hydrogen (secondary N) is 2. The van der Waals surface area contributed by atoms with Crippen LogP contribution in [0.15, 0.2) is 71.6 Å². The van der Waals surface area contributed by atoms with E-state index in [4.69, 9.17) is 28.8 Å². The number of hydrogen-bond acceptors (Lipinski definition) is 5. The number of nitrogens with zero attached hydrogens (tertiary/aromatic N) is 3. The maximum Gasteiger partial charge on any atom is 0.354 e. The molecule has 0 aliphatic rings. The van der Waals surface area contributed by atoms with Gasteiger partial charge in [-0.1, -0.05) is 11.6 Å². The molecule has 0 spiro atoms. The van der Waals surface area contributed by atoms with Crippen LogP contribution in [0, 0.1) is 5.82 Å². The van der Waals surface area contributed by atoms with Crippen molar-refractivity contribution in [2.45, 2.75) is 38.6 Å². The second-order valence-electron chi connectivity index (χ2n) is 9.65. The second-order valence-corrected chi connectivity index (χ2v) is 10.1. The van der Waals surface area contributed by atoms with Crippen LogP contribution in [-0.4, -0.2) is 45.5 Å². The van der Waals surface area contributed by atoms with E-state index in [1.807, 2.05) is 6.92 Å². The van der Waals surface area contributed by atoms with E-state index in [1.165, 1.54) is 4.57 Å². The summed E-state index contributed by atoms with van der Waals surface area (Å²) in [4.78, 5) is 36.3. The molecule has 222 valence electrons. The monoisotopic (exact) mass is 594 g/mol. The van der Waals surface area contributed by atoms with Crippen molar-refractivity contribution in [2.24, 2.45) is 22.2 Å². The molecule has 1 unspecified atom stereocenters. The van der Waals surface area contributed by atoms with Crippen LogP contribution < -0.4 is 28.2 Å². The van der Waals surface area contributed by atoms with Crippen LogP contribution in [0.4, 0.5) is 4.39 Å². The largest absolute Gasteiger partial charge is 0.370 e. The number of halogens is 2. The summed E-state index contributed by atoms with van der Waals surface area (Å²) in [7, 11) is 0. The Morgan fingerprint density at radius 1 is 1.19 bits per heavy atom. The summed E-state index contributed by atoms with van der Waals surface area (Å²) in [5.41, 5.74) is 18.8. The van der Waals surface area contributed by atoms with Crippen LogP contribution in [-0.2, 0) is 6.42 Å². The highest BCUT2D eigenvalue weighted by Crippen LogP contribution is 2.31. The zero-order valence-electron chi connectivity index (χ0n) is 23.5. The quantitative estimate of drug-likeness (QED) is 0.0759. The molecule has 4 rings (SSSR count). The van der Waals surface area contributed by atoms with Gasteiger partial charge in [-0.3, -0.25) is 14.4 Å². The zero-order chi connectivity index (χ0) is 30.8. The van der Waals surface area contributed by atoms with Crippen LogP contribution in [0.1, 0.15) is 42.1 Å². The highest BCUT2D eigenvalue weighted by Gasteiger charge is 2.16. The fourth-order valence-electron chi connectivity index (χ4n) is 4.30. The number of aromatic nitrogens is 3. The Morgan fingerprint density at radius 3 is 2.57 bits per heavy atom. The number of amides is 1. The second kappa shape index (κ2) is 14.9. The molecule has 2 aromatic heterocycles. The lowest BCUT2D eigenvalue weighted by atomic mass is 10.0. The average molecular weight is 595 g/mol. The van der Waals surface area contributed by atoms with Crippen LogP contribution in [0.2, 0.25) is 5.02 Å². The first kappa shape index (κ1) is 32.0. The summed E-state index contributed by atoms with van der Waals surface area (Å²) in [6.45, 7) is 8.78. The SMILES string of the molecule is C=C.CC(N)CCCc1cc(Cl)c(F)c(-c2cc3cn(-c4ccc(C(=O)NCCCN=C(N)N)cc4)c(=O)nc3[nH]2)c1. The Labute approximate surface area is 248 Å². The first-order valence-electron chi connectivity index (χ1n) is 13.4. The third-order valence-electron chi connectivity index (χ3n) is 6.33. The number of rotatable bonds is 11. The molecule has 4 aromatic rings. The van der Waals surface area contributed by atoms with Gasteiger partial charge in [0.2, 0.25) is 0 Å². The van der Waals surface area contributed by atoms with Crippen molar-refractivity contribution in [1.29, 1.82) is 0 Å². The molecule has 12 heteroatoms. The predicted molar refractivity (Wildman–Crippen MR) is 168 cm³/mol. The minimum atomic E-state index is -0.551. The molecule has 8 N–H and O–H groups in total. The number of fused-ring (bicyclic) bond motifs is 1. The fraction of sp³-hybridized carbons (Fsp3) is 0.267. The molecule has 0 aliphatic carbocycles. The fourth-order valence-corrected chi connectivity index (χ4v) is 4.54. The number of nitrogens with two attached hydrogens (primary N) is 3. The molecule has 42 heavy (non-hydrogen) atoms. The van der Waals surface area contributed by atoms with Gasteiger partial charge in [-0.05, 0) is 80.6 Å². The van der Waals surface area contributed by atoms with Crippen LogP contribution in [0.3, 0.4) is 0 Å². The third-order valence-corrected chi connectivity index (χ3v) is 6.61. The van der Waals surface area contributed by atoms with E-state index in [-0.39, 0.29) is 22.9 Å². The molecular formula is C30H36ClFN8O2. The number of aromatic amines is 1. The van der Waals surface area contributed by atoms with E-state index in [2.05, 4.69) is 33.4 Å². The number of hydrogen-bond donors (Lipinski definition) is 5. The number of aliphatic imine (C=N–C) groups is 1. The number of H-pyrrole nitrogens is 1. The van der Waals surface area contributed by atoms with E-state index in [0.717, 1.165) is 18.4 Å². The van der Waals surface area contributed by atoms with Crippen molar-refractivity contribution >= 4 is 34.5 Å². The van der Waals surface area contributed by atoms with Gasteiger partial charge >= 0.3 is 5.69 Å². The smallest absolute Gasteiger partial charge is 0.354 e. The summed E-state index contributed by atoms with van der Waals surface area (Å²) in [5, 5.41) is 3.43. The lowest BCUT2D eigenvalue weighted by Gasteiger charge is -2.09. The Morgan fingerprint density at radius 2 is 1.90 bits per heavy atom. The van der Waals surface area contributed by atoms with Crippen molar-refractivity contribution in [1.82, 2.24) is 19.9 Å². The van der Waals surface area contributed by atoms with Gasteiger partial charge < -0.3 is 27.5 Å². The van der Waals surface area contributed by atoms with Gasteiger partial charge in [-0.2, -0.15) is 4.98 Å². The lowest BCUT2D eigenvalue weighted by molar-refractivity contribution is 0.0953. The summed E-state index contributed by atoms with van der Waals surface area (Å²) in [6, 6.07) is 11.7. The third kappa shape index (κ3) is 8.27. The number of guanidine groups is 1. The average Bonchev–Trinajstić information content (AvgIpc) is 3.37. The number of benzene rings is 2. The molecule has 0 bridgehead atoms. The van der Waals surface area contributed by atoms with Gasteiger partial charge in [-0.15, -0.1) is 13.2 Å². The summed E-state index contributed by atoms with van der Waals surface area (Å²) < 4.78 is 16.4. The van der Waals surface area contributed by atoms with Crippen LogP contribution in [0.25, 0.3) is 28.0 Å². The zero-order valence-corrected chi connectivity index (χ0v) is 24.3. The first-order chi connectivity index (χ1) is 20.1. The highest BCUT2D eigenvalue weighted by atomic mass is 35.5. The van der Waals surface area contributed by atoms with E-state index in [1.54, 1.807) is 48.7 Å². The summed E-state index contributed by atoms with van der Waals surface area (Å²) >= 11 is 6.20. The van der Waals surface area contributed by atoms with Gasteiger partial charge in [0, 0.05) is 41.8 Å². The first-order valence-corrected chi connectivity index (χ1v) is 13.8. The van der Waals surface area contributed by atoms with Crippen molar-refractivity contribution in [3.8, 4) is 16.9 Å². The van der Waals surface area contributed by atoms with Crippen LogP contribution >= 0.6 is 11.6 Å². The topological polar surface area (TPSA) is 170 Å². The van der Waals surface area contributed by atoms with Crippen LogP contribution in [0.5, 0.6) is 0 Å². The van der Waals surface area contributed by atoms with E-state index in [0.29, 0.717) is 59.5 Å². The van der Waals surface area contributed by atoms with Crippen molar-refractivity contribution in [3.05, 3.63) is 94.3 Å². The number of aryl methyl sites for hydroxylation is 1. The van der Waals surface area contributed by atoms with E-state index >= 15 is 4.39 Å². The lowest BCUT2D eigenvalue weighted by Crippen LogP contribution is -2.26. The van der Waals surface area contributed by atoms with E-state index < -0.39 is 11.5 Å². The molecule has 2 heterocycles. The Kier molecular flexibility index (Phi) is 11.4. The Bertz CT molecular complexity index is 1610. The van der Waals surface area contributed by atoms with Gasteiger partial charge in [0.25, 0.3) is 5.91 Å². The minimum absolute atomic E-state index is 0.00947. The van der Waals surface area contributed by atoms with E-state index in [9.17, 15) is 9.59 Å². The summed E-state index contributed by atoms with van der Waals surface area (Å²) in [5.74, 6) is -0.798. The Balaban J connectivity index is 0.00000237. The Hall–Kier alpha value is -4.48. The number of carbonyl (C=O) groups excluding carboxylic acids is 1. The molecule has 0 fully saturated rings.